The van der Waals surface area contributed by atoms with Crippen LogP contribution >= 0.6 is 0 Å². The number of aryl methyl sites for hydroxylation is 2. The molecule has 138 valence electrons. The number of aromatic nitrogens is 2. The van der Waals surface area contributed by atoms with Crippen LogP contribution in [0.1, 0.15) is 22.4 Å². The van der Waals surface area contributed by atoms with Gasteiger partial charge in [-0.05, 0) is 31.0 Å². The Balaban J connectivity index is 1.70. The maximum absolute atomic E-state index is 6.06. The first-order chi connectivity index (χ1) is 13.1. The predicted molar refractivity (Wildman–Crippen MR) is 111 cm³/mol. The number of rotatable bonds is 5. The van der Waals surface area contributed by atoms with Gasteiger partial charge < -0.3 is 16.8 Å². The van der Waals surface area contributed by atoms with E-state index in [1.54, 1.807) is 0 Å². The third-order valence-electron chi connectivity index (χ3n) is 4.30. The van der Waals surface area contributed by atoms with Crippen molar-refractivity contribution in [3.63, 3.8) is 0 Å². The fraction of sp³-hybridized carbons (Fsp3) is 0.143. The van der Waals surface area contributed by atoms with Crippen LogP contribution in [0.4, 0.5) is 0 Å². The van der Waals surface area contributed by atoms with Crippen molar-refractivity contribution < 1.29 is 0 Å². The van der Waals surface area contributed by atoms with Crippen LogP contribution in [0.2, 0.25) is 0 Å². The molecule has 3 aromatic rings. The maximum Gasteiger partial charge on any atom is 0.193 e. The van der Waals surface area contributed by atoms with Crippen molar-refractivity contribution in [2.24, 2.45) is 16.5 Å². The summed E-state index contributed by atoms with van der Waals surface area (Å²) >= 11 is 0. The highest BCUT2D eigenvalue weighted by Crippen LogP contribution is 2.20. The van der Waals surface area contributed by atoms with Crippen LogP contribution in [0.15, 0.2) is 65.8 Å². The number of hydrogen-bond acceptors (Lipinski definition) is 3. The summed E-state index contributed by atoms with van der Waals surface area (Å²) in [7, 11) is 0. The first-order valence-corrected chi connectivity index (χ1v) is 8.73. The molecule has 0 unspecified atom stereocenters. The van der Waals surface area contributed by atoms with E-state index < -0.39 is 0 Å². The fourth-order valence-electron chi connectivity index (χ4n) is 2.97. The lowest BCUT2D eigenvalue weighted by molar-refractivity contribution is 0.937. The van der Waals surface area contributed by atoms with E-state index in [1.807, 2.05) is 68.4 Å². The van der Waals surface area contributed by atoms with Crippen molar-refractivity contribution in [2.45, 2.75) is 20.4 Å². The number of aliphatic imine (C=N–C) groups is 1. The van der Waals surface area contributed by atoms with E-state index in [4.69, 9.17) is 11.5 Å². The summed E-state index contributed by atoms with van der Waals surface area (Å²) in [6, 6.07) is 18.0. The van der Waals surface area contributed by atoms with E-state index in [9.17, 15) is 0 Å². The zero-order chi connectivity index (χ0) is 19.2. The van der Waals surface area contributed by atoms with Crippen molar-refractivity contribution in [3.8, 4) is 11.3 Å². The zero-order valence-corrected chi connectivity index (χ0v) is 15.5. The molecule has 0 saturated carbocycles. The van der Waals surface area contributed by atoms with E-state index in [-0.39, 0.29) is 0 Å². The van der Waals surface area contributed by atoms with Gasteiger partial charge in [-0.2, -0.15) is 5.10 Å². The number of guanidine groups is 1. The van der Waals surface area contributed by atoms with Crippen LogP contribution in [0, 0.1) is 13.8 Å². The number of benzene rings is 2. The van der Waals surface area contributed by atoms with Crippen LogP contribution in [-0.2, 0) is 6.54 Å². The van der Waals surface area contributed by atoms with E-state index in [0.717, 1.165) is 39.3 Å². The molecule has 0 spiro atoms. The Labute approximate surface area is 159 Å². The second kappa shape index (κ2) is 8.23. The number of hydrogen-bond donors (Lipinski definition) is 4. The molecule has 6 heteroatoms. The summed E-state index contributed by atoms with van der Waals surface area (Å²) in [5, 5.41) is 10.4. The normalized spacial score (nSPS) is 12.2. The minimum atomic E-state index is 0.296. The molecule has 0 aliphatic heterocycles. The molecule has 0 atom stereocenters. The molecule has 27 heavy (non-hydrogen) atoms. The Bertz CT molecular complexity index is 949. The summed E-state index contributed by atoms with van der Waals surface area (Å²) in [6.07, 6.45) is 1.52. The lowest BCUT2D eigenvalue weighted by Crippen LogP contribution is -2.31. The van der Waals surface area contributed by atoms with Crippen molar-refractivity contribution in [3.05, 3.63) is 83.2 Å². The van der Waals surface area contributed by atoms with Gasteiger partial charge in [0.25, 0.3) is 0 Å². The van der Waals surface area contributed by atoms with Crippen molar-refractivity contribution >= 4 is 11.7 Å². The topological polar surface area (TPSA) is 105 Å². The van der Waals surface area contributed by atoms with E-state index in [0.29, 0.717) is 12.5 Å². The number of H-pyrrole nitrogens is 1. The second-order valence-corrected chi connectivity index (χ2v) is 6.32. The van der Waals surface area contributed by atoms with Gasteiger partial charge >= 0.3 is 0 Å². The van der Waals surface area contributed by atoms with Crippen LogP contribution in [0.5, 0.6) is 0 Å². The van der Waals surface area contributed by atoms with Gasteiger partial charge in [0.05, 0.1) is 23.6 Å². The van der Waals surface area contributed by atoms with Crippen LogP contribution in [0.25, 0.3) is 17.0 Å². The first kappa shape index (κ1) is 18.3. The van der Waals surface area contributed by atoms with Crippen molar-refractivity contribution in [1.82, 2.24) is 15.5 Å². The molecule has 2 aromatic carbocycles. The van der Waals surface area contributed by atoms with Gasteiger partial charge in [-0.25, -0.2) is 4.99 Å². The average Bonchev–Trinajstić information content (AvgIpc) is 3.15. The zero-order valence-electron chi connectivity index (χ0n) is 15.5. The number of nitrogens with zero attached hydrogens (tertiary/aromatic N) is 2. The Morgan fingerprint density at radius 1 is 1.11 bits per heavy atom. The molecule has 0 aliphatic rings. The summed E-state index contributed by atoms with van der Waals surface area (Å²) in [4.78, 5) is 4.39. The smallest absolute Gasteiger partial charge is 0.193 e. The molecule has 0 fully saturated rings. The molecule has 6 nitrogen and oxygen atoms in total. The average molecular weight is 360 g/mol. The van der Waals surface area contributed by atoms with E-state index in [1.165, 1.54) is 6.20 Å². The van der Waals surface area contributed by atoms with Crippen LogP contribution < -0.4 is 16.8 Å². The van der Waals surface area contributed by atoms with Gasteiger partial charge in [-0.15, -0.1) is 0 Å². The largest absolute Gasteiger partial charge is 0.403 e. The Morgan fingerprint density at radius 2 is 1.81 bits per heavy atom. The summed E-state index contributed by atoms with van der Waals surface area (Å²) < 4.78 is 0. The quantitative estimate of drug-likeness (QED) is 0.414. The minimum Gasteiger partial charge on any atom is -0.403 e. The van der Waals surface area contributed by atoms with Crippen LogP contribution in [0.3, 0.4) is 0 Å². The summed E-state index contributed by atoms with van der Waals surface area (Å²) in [5.74, 6) is 0.296. The highest BCUT2D eigenvalue weighted by atomic mass is 15.1. The predicted octanol–water partition coefficient (Wildman–Crippen LogP) is 3.06. The first-order valence-electron chi connectivity index (χ1n) is 8.73. The summed E-state index contributed by atoms with van der Waals surface area (Å²) in [6.45, 7) is 4.47. The molecule has 0 bridgehead atoms. The lowest BCUT2D eigenvalue weighted by atomic mass is 10.0. The van der Waals surface area contributed by atoms with Crippen molar-refractivity contribution in [2.75, 3.05) is 0 Å². The molecular weight excluding hydrogens is 336 g/mol. The maximum atomic E-state index is 6.06. The monoisotopic (exact) mass is 360 g/mol. The fourth-order valence-corrected chi connectivity index (χ4v) is 2.97. The van der Waals surface area contributed by atoms with Gasteiger partial charge in [-0.1, -0.05) is 48.5 Å². The van der Waals surface area contributed by atoms with Crippen molar-refractivity contribution in [1.29, 1.82) is 0 Å². The Hall–Kier alpha value is -3.54. The third-order valence-corrected chi connectivity index (χ3v) is 4.30. The van der Waals surface area contributed by atoms with Gasteiger partial charge in [0.2, 0.25) is 0 Å². The molecule has 0 saturated heterocycles. The molecular formula is C21H24N6. The molecule has 0 amide bonds. The number of nitrogens with two attached hydrogens (primary N) is 2. The number of nitrogens with one attached hydrogen (secondary N) is 2. The molecule has 0 radical (unpaired) electrons. The van der Waals surface area contributed by atoms with Crippen LogP contribution in [-0.4, -0.2) is 16.2 Å². The Kier molecular flexibility index (Phi) is 5.56. The molecule has 1 aromatic heterocycles. The summed E-state index contributed by atoms with van der Waals surface area (Å²) in [5.41, 5.74) is 18.7. The Morgan fingerprint density at radius 3 is 2.48 bits per heavy atom. The SMILES string of the molecule is Cc1cccc(C)c1/C(=C/N)NC(N)=NCc1cc(-c2ccccc2)n[nH]1. The molecule has 6 N–H and O–H groups in total. The number of aromatic amines is 1. The van der Waals surface area contributed by atoms with Gasteiger partial charge in [-0.3, -0.25) is 5.10 Å². The highest BCUT2D eigenvalue weighted by molar-refractivity contribution is 5.89. The van der Waals surface area contributed by atoms with E-state index in [2.05, 4.69) is 20.5 Å². The highest BCUT2D eigenvalue weighted by Gasteiger charge is 2.09. The molecule has 0 aliphatic carbocycles. The van der Waals surface area contributed by atoms with E-state index >= 15 is 0 Å². The molecule has 3 rings (SSSR count). The second-order valence-electron chi connectivity index (χ2n) is 6.32. The molecule has 1 heterocycles. The van der Waals surface area contributed by atoms with Gasteiger partial charge in [0.1, 0.15) is 0 Å². The standard InChI is InChI=1S/C21H24N6/c1-14-7-6-8-15(2)20(14)19(12-22)25-21(23)24-13-17-11-18(27-26-17)16-9-4-3-5-10-16/h3-12H,13,22H2,1-2H3,(H,26,27)(H3,23,24,25)/b19-12-. The lowest BCUT2D eigenvalue weighted by Gasteiger charge is -2.15. The van der Waals surface area contributed by atoms with Gasteiger partial charge in [0, 0.05) is 17.3 Å². The van der Waals surface area contributed by atoms with Gasteiger partial charge in [0.15, 0.2) is 5.96 Å². The minimum absolute atomic E-state index is 0.296. The third kappa shape index (κ3) is 4.36.